The van der Waals surface area contributed by atoms with Gasteiger partial charge in [0.25, 0.3) is 0 Å². The van der Waals surface area contributed by atoms with Crippen LogP contribution in [0.4, 0.5) is 0 Å². The first-order chi connectivity index (χ1) is 9.47. The van der Waals surface area contributed by atoms with Crippen LogP contribution >= 0.6 is 0 Å². The van der Waals surface area contributed by atoms with Gasteiger partial charge in [0.1, 0.15) is 12.1 Å². The van der Waals surface area contributed by atoms with Gasteiger partial charge in [-0.15, -0.1) is 0 Å². The van der Waals surface area contributed by atoms with Crippen molar-refractivity contribution in [2.75, 3.05) is 13.7 Å². The van der Waals surface area contributed by atoms with Crippen LogP contribution in [0.1, 0.15) is 40.0 Å². The topological polar surface area (TPSA) is 58.6 Å². The third kappa shape index (κ3) is 2.97. The molecule has 1 heterocycles. The minimum Gasteiger partial charge on any atom is -0.385 e. The summed E-state index contributed by atoms with van der Waals surface area (Å²) >= 11 is 0. The Kier molecular flexibility index (Phi) is 4.68. The first-order valence-electron chi connectivity index (χ1n) is 7.58. The minimum atomic E-state index is -0.357. The molecule has 2 aliphatic rings. The van der Waals surface area contributed by atoms with E-state index < -0.39 is 0 Å². The van der Waals surface area contributed by atoms with Gasteiger partial charge in [-0.1, -0.05) is 13.8 Å². The van der Waals surface area contributed by atoms with Crippen molar-refractivity contribution in [1.82, 2.24) is 10.2 Å². The average molecular weight is 282 g/mol. The van der Waals surface area contributed by atoms with Crippen molar-refractivity contribution in [3.05, 3.63) is 0 Å². The average Bonchev–Trinajstić information content (AvgIpc) is 3.21. The Balaban J connectivity index is 2.18. The fourth-order valence-corrected chi connectivity index (χ4v) is 3.02. The maximum absolute atomic E-state index is 12.7. The Morgan fingerprint density at radius 1 is 1.30 bits per heavy atom. The predicted octanol–water partition coefficient (Wildman–Crippen LogP) is 1.17. The van der Waals surface area contributed by atoms with Crippen molar-refractivity contribution in [3.63, 3.8) is 0 Å². The van der Waals surface area contributed by atoms with E-state index in [1.165, 1.54) is 0 Å². The molecule has 114 valence electrons. The van der Waals surface area contributed by atoms with Crippen molar-refractivity contribution in [1.29, 1.82) is 0 Å². The third-order valence-electron chi connectivity index (χ3n) is 4.33. The lowest BCUT2D eigenvalue weighted by Crippen LogP contribution is -2.67. The molecule has 1 aliphatic carbocycles. The largest absolute Gasteiger partial charge is 0.385 e. The van der Waals surface area contributed by atoms with Crippen molar-refractivity contribution in [2.45, 2.75) is 58.2 Å². The molecule has 0 aromatic carbocycles. The lowest BCUT2D eigenvalue weighted by atomic mass is 9.93. The van der Waals surface area contributed by atoms with Gasteiger partial charge in [0.05, 0.1) is 0 Å². The van der Waals surface area contributed by atoms with Gasteiger partial charge in [-0.25, -0.2) is 0 Å². The predicted molar refractivity (Wildman–Crippen MR) is 76.1 cm³/mol. The van der Waals surface area contributed by atoms with E-state index in [-0.39, 0.29) is 35.9 Å². The molecule has 1 N–H and O–H groups in total. The molecule has 0 radical (unpaired) electrons. The molecule has 20 heavy (non-hydrogen) atoms. The molecule has 0 spiro atoms. The Morgan fingerprint density at radius 3 is 2.45 bits per heavy atom. The van der Waals surface area contributed by atoms with E-state index in [4.69, 9.17) is 4.74 Å². The van der Waals surface area contributed by atoms with Crippen LogP contribution in [-0.4, -0.2) is 48.6 Å². The van der Waals surface area contributed by atoms with Crippen LogP contribution in [0.3, 0.4) is 0 Å². The van der Waals surface area contributed by atoms with Gasteiger partial charge in [0, 0.05) is 19.8 Å². The standard InChI is InChI=1S/C15H26N2O3/c1-9(2)13-14(18)16-12(11-5-6-11)15(19)17(13)10(3)7-8-20-4/h9-13H,5-8H2,1-4H3,(H,16,18). The number of piperazine rings is 1. The SMILES string of the molecule is COCCC(C)N1C(=O)C(C2CC2)NC(=O)C1C(C)C. The van der Waals surface area contributed by atoms with Crippen molar-refractivity contribution < 1.29 is 14.3 Å². The second-order valence-corrected chi connectivity index (χ2v) is 6.39. The van der Waals surface area contributed by atoms with Gasteiger partial charge in [0.2, 0.25) is 11.8 Å². The molecular weight excluding hydrogens is 256 g/mol. The van der Waals surface area contributed by atoms with Crippen LogP contribution in [0.15, 0.2) is 0 Å². The summed E-state index contributed by atoms with van der Waals surface area (Å²) in [6.07, 6.45) is 2.85. The van der Waals surface area contributed by atoms with E-state index in [0.717, 1.165) is 19.3 Å². The number of carbonyl (C=O) groups is 2. The van der Waals surface area contributed by atoms with Gasteiger partial charge in [0.15, 0.2) is 0 Å². The number of hydrogen-bond donors (Lipinski definition) is 1. The van der Waals surface area contributed by atoms with Crippen LogP contribution in [0, 0.1) is 11.8 Å². The fraction of sp³-hybridized carbons (Fsp3) is 0.867. The maximum atomic E-state index is 12.7. The molecule has 3 unspecified atom stereocenters. The summed E-state index contributed by atoms with van der Waals surface area (Å²) < 4.78 is 5.11. The van der Waals surface area contributed by atoms with Gasteiger partial charge in [-0.3, -0.25) is 9.59 Å². The molecule has 2 amide bonds. The number of ether oxygens (including phenoxy) is 1. The molecule has 0 aromatic heterocycles. The third-order valence-corrected chi connectivity index (χ3v) is 4.33. The van der Waals surface area contributed by atoms with Crippen molar-refractivity contribution in [3.8, 4) is 0 Å². The van der Waals surface area contributed by atoms with E-state index in [2.05, 4.69) is 5.32 Å². The number of rotatable bonds is 6. The van der Waals surface area contributed by atoms with Gasteiger partial charge in [-0.05, 0) is 38.0 Å². The second-order valence-electron chi connectivity index (χ2n) is 6.39. The summed E-state index contributed by atoms with van der Waals surface area (Å²) in [7, 11) is 1.66. The number of nitrogens with one attached hydrogen (secondary N) is 1. The lowest BCUT2D eigenvalue weighted by molar-refractivity contribution is -0.154. The fourth-order valence-electron chi connectivity index (χ4n) is 3.02. The molecular formula is C15H26N2O3. The molecule has 0 bridgehead atoms. The highest BCUT2D eigenvalue weighted by Crippen LogP contribution is 2.36. The Labute approximate surface area is 121 Å². The summed E-state index contributed by atoms with van der Waals surface area (Å²) in [5.41, 5.74) is 0. The Hall–Kier alpha value is -1.10. The summed E-state index contributed by atoms with van der Waals surface area (Å²) in [6, 6.07) is -0.631. The summed E-state index contributed by atoms with van der Waals surface area (Å²) in [5.74, 6) is 0.552. The van der Waals surface area contributed by atoms with Gasteiger partial charge >= 0.3 is 0 Å². The quantitative estimate of drug-likeness (QED) is 0.795. The van der Waals surface area contributed by atoms with Crippen LogP contribution in [0.25, 0.3) is 0 Å². The van der Waals surface area contributed by atoms with E-state index in [1.54, 1.807) is 7.11 Å². The van der Waals surface area contributed by atoms with Crippen LogP contribution < -0.4 is 5.32 Å². The molecule has 3 atom stereocenters. The molecule has 5 nitrogen and oxygen atoms in total. The molecule has 2 rings (SSSR count). The Bertz CT molecular complexity index is 379. The zero-order chi connectivity index (χ0) is 14.9. The van der Waals surface area contributed by atoms with E-state index in [0.29, 0.717) is 12.5 Å². The molecule has 2 fully saturated rings. The maximum Gasteiger partial charge on any atom is 0.246 e. The second kappa shape index (κ2) is 6.12. The van der Waals surface area contributed by atoms with E-state index in [1.807, 2.05) is 25.7 Å². The number of amides is 2. The molecule has 5 heteroatoms. The summed E-state index contributed by atoms with van der Waals surface area (Å²) in [4.78, 5) is 26.9. The molecule has 1 aliphatic heterocycles. The normalized spacial score (nSPS) is 28.8. The minimum absolute atomic E-state index is 0.000710. The van der Waals surface area contributed by atoms with Crippen LogP contribution in [0.2, 0.25) is 0 Å². The molecule has 1 saturated carbocycles. The number of hydrogen-bond acceptors (Lipinski definition) is 3. The molecule has 0 aromatic rings. The number of carbonyl (C=O) groups excluding carboxylic acids is 2. The van der Waals surface area contributed by atoms with Crippen LogP contribution in [0.5, 0.6) is 0 Å². The first-order valence-corrected chi connectivity index (χ1v) is 7.58. The summed E-state index contributed by atoms with van der Waals surface area (Å²) in [6.45, 7) is 6.59. The monoisotopic (exact) mass is 282 g/mol. The van der Waals surface area contributed by atoms with Gasteiger partial charge < -0.3 is 15.0 Å². The number of nitrogens with zero attached hydrogens (tertiary/aromatic N) is 1. The zero-order valence-electron chi connectivity index (χ0n) is 12.9. The lowest BCUT2D eigenvalue weighted by Gasteiger charge is -2.44. The smallest absolute Gasteiger partial charge is 0.246 e. The zero-order valence-corrected chi connectivity index (χ0v) is 12.9. The van der Waals surface area contributed by atoms with Crippen LogP contribution in [-0.2, 0) is 14.3 Å². The summed E-state index contributed by atoms with van der Waals surface area (Å²) in [5, 5.41) is 2.94. The van der Waals surface area contributed by atoms with Crippen molar-refractivity contribution in [2.24, 2.45) is 11.8 Å². The highest BCUT2D eigenvalue weighted by atomic mass is 16.5. The highest BCUT2D eigenvalue weighted by Gasteiger charge is 2.48. The van der Waals surface area contributed by atoms with E-state index >= 15 is 0 Å². The Morgan fingerprint density at radius 2 is 1.95 bits per heavy atom. The number of methoxy groups -OCH3 is 1. The van der Waals surface area contributed by atoms with E-state index in [9.17, 15) is 9.59 Å². The van der Waals surface area contributed by atoms with Gasteiger partial charge in [-0.2, -0.15) is 0 Å². The first kappa shape index (κ1) is 15.3. The van der Waals surface area contributed by atoms with Crippen molar-refractivity contribution >= 4 is 11.8 Å². The molecule has 1 saturated heterocycles. The highest BCUT2D eigenvalue weighted by molar-refractivity contribution is 5.97.